The first kappa shape index (κ1) is 31.5. The van der Waals surface area contributed by atoms with Crippen LogP contribution in [0, 0.1) is 22.7 Å². The number of nitrogens with two attached hydrogens (primary N) is 1. The number of carbonyl (C=O) groups excluding carboxylic acids is 2. The van der Waals surface area contributed by atoms with Gasteiger partial charge < -0.3 is 25.3 Å². The molecule has 0 aliphatic rings. The average Bonchev–Trinajstić information content (AvgIpc) is 2.95. The van der Waals surface area contributed by atoms with Gasteiger partial charge in [0, 0.05) is 18.2 Å². The fourth-order valence-corrected chi connectivity index (χ4v) is 5.74. The second kappa shape index (κ2) is 13.1. The van der Waals surface area contributed by atoms with Gasteiger partial charge in [0.2, 0.25) is 17.6 Å². The lowest BCUT2D eigenvalue weighted by molar-refractivity contribution is -0.117. The van der Waals surface area contributed by atoms with Crippen LogP contribution in [0.3, 0.4) is 0 Å². The molecule has 0 spiro atoms. The lowest BCUT2D eigenvalue weighted by atomic mass is 9.96. The fraction of sp³-hybridized carbons (Fsp3) is 0.222. The average molecular weight is 611 g/mol. The second-order valence-electron chi connectivity index (χ2n) is 8.50. The summed E-state index contributed by atoms with van der Waals surface area (Å²) in [5.74, 6) is -0.490. The minimum absolute atomic E-state index is 0.00667. The first-order valence-electron chi connectivity index (χ1n) is 12.0. The molecule has 13 nitrogen and oxygen atoms in total. The molecule has 0 saturated heterocycles. The Morgan fingerprint density at radius 2 is 1.57 bits per heavy atom. The number of sulfonamides is 1. The number of hydrogen-bond acceptors (Lipinski definition) is 12. The zero-order valence-corrected chi connectivity index (χ0v) is 24.8. The van der Waals surface area contributed by atoms with Crippen LogP contribution in [0.2, 0.25) is 0 Å². The number of nitrogens with zero attached hydrogens (tertiary/aromatic N) is 3. The maximum absolute atomic E-state index is 13.0. The van der Waals surface area contributed by atoms with Crippen LogP contribution in [0.1, 0.15) is 25.0 Å². The van der Waals surface area contributed by atoms with Gasteiger partial charge in [-0.3, -0.25) is 9.59 Å². The van der Waals surface area contributed by atoms with Gasteiger partial charge in [0.1, 0.15) is 28.5 Å². The molecule has 4 N–H and O–H groups in total. The van der Waals surface area contributed by atoms with E-state index in [1.165, 1.54) is 45.6 Å². The maximum atomic E-state index is 13.0. The van der Waals surface area contributed by atoms with Gasteiger partial charge in [-0.15, -0.1) is 0 Å². The highest BCUT2D eigenvalue weighted by Crippen LogP contribution is 2.44. The van der Waals surface area contributed by atoms with E-state index in [1.54, 1.807) is 19.1 Å². The van der Waals surface area contributed by atoms with Crippen molar-refractivity contribution < 1.29 is 32.2 Å². The van der Waals surface area contributed by atoms with E-state index in [-0.39, 0.29) is 43.9 Å². The number of nitrogen functional groups attached to an aromatic ring is 1. The molecule has 0 fully saturated rings. The molecule has 3 rings (SSSR count). The summed E-state index contributed by atoms with van der Waals surface area (Å²) >= 11 is 0.940. The predicted molar refractivity (Wildman–Crippen MR) is 155 cm³/mol. The van der Waals surface area contributed by atoms with Gasteiger partial charge >= 0.3 is 0 Å². The van der Waals surface area contributed by atoms with Crippen molar-refractivity contribution in [1.82, 2.24) is 9.71 Å². The van der Waals surface area contributed by atoms with Crippen molar-refractivity contribution in [1.29, 1.82) is 10.5 Å². The van der Waals surface area contributed by atoms with E-state index < -0.39 is 27.1 Å². The minimum atomic E-state index is -4.03. The SMILES string of the molecule is COc1cc(-c2c(C#N)c(N)nc(SC(C)C(=O)Nc3ccc(S(=O)(=O)NC(C)=O)cc3)c2C#N)cc(OC)c1OC. The zero-order chi connectivity index (χ0) is 31.2. The Kier molecular flexibility index (Phi) is 9.85. The van der Waals surface area contributed by atoms with Gasteiger partial charge in [-0.2, -0.15) is 10.5 Å². The summed E-state index contributed by atoms with van der Waals surface area (Å²) in [5.41, 5.74) is 6.93. The number of benzene rings is 2. The molecule has 0 aliphatic carbocycles. The molecule has 1 heterocycles. The number of ether oxygens (including phenoxy) is 3. The quantitative estimate of drug-likeness (QED) is 0.283. The van der Waals surface area contributed by atoms with Crippen molar-refractivity contribution in [2.24, 2.45) is 0 Å². The summed E-state index contributed by atoms with van der Waals surface area (Å²) in [6, 6.07) is 12.4. The smallest absolute Gasteiger partial charge is 0.264 e. The monoisotopic (exact) mass is 610 g/mol. The molecule has 2 amide bonds. The Labute approximate surface area is 246 Å². The maximum Gasteiger partial charge on any atom is 0.264 e. The minimum Gasteiger partial charge on any atom is -0.493 e. The van der Waals surface area contributed by atoms with E-state index >= 15 is 0 Å². The number of nitrogens with one attached hydrogen (secondary N) is 2. The van der Waals surface area contributed by atoms with E-state index in [1.807, 2.05) is 10.8 Å². The molecular formula is C27H26N6O7S2. The molecule has 1 atom stereocenters. The number of aromatic nitrogens is 1. The second-order valence-corrected chi connectivity index (χ2v) is 11.5. The van der Waals surface area contributed by atoms with E-state index in [0.29, 0.717) is 17.0 Å². The number of carbonyl (C=O) groups is 2. The number of rotatable bonds is 10. The van der Waals surface area contributed by atoms with Crippen LogP contribution in [-0.2, 0) is 19.6 Å². The van der Waals surface area contributed by atoms with E-state index in [4.69, 9.17) is 19.9 Å². The molecule has 1 aromatic heterocycles. The molecule has 1 unspecified atom stereocenters. The molecule has 42 heavy (non-hydrogen) atoms. The topological polar surface area (TPSA) is 207 Å². The highest BCUT2D eigenvalue weighted by molar-refractivity contribution is 8.00. The predicted octanol–water partition coefficient (Wildman–Crippen LogP) is 3.04. The third-order valence-corrected chi connectivity index (χ3v) is 8.27. The number of methoxy groups -OCH3 is 3. The third-order valence-electron chi connectivity index (χ3n) is 5.74. The van der Waals surface area contributed by atoms with Gasteiger partial charge in [-0.05, 0) is 48.9 Å². The summed E-state index contributed by atoms with van der Waals surface area (Å²) in [6.45, 7) is 2.65. The van der Waals surface area contributed by atoms with Gasteiger partial charge in [0.25, 0.3) is 10.0 Å². The highest BCUT2D eigenvalue weighted by atomic mass is 32.2. The van der Waals surface area contributed by atoms with Crippen molar-refractivity contribution >= 4 is 45.1 Å². The van der Waals surface area contributed by atoms with Crippen molar-refractivity contribution in [2.75, 3.05) is 32.4 Å². The molecule has 0 saturated carbocycles. The summed E-state index contributed by atoms with van der Waals surface area (Å²) in [7, 11) is 0.260. The van der Waals surface area contributed by atoms with Crippen LogP contribution < -0.4 is 30.0 Å². The largest absolute Gasteiger partial charge is 0.493 e. The van der Waals surface area contributed by atoms with Crippen LogP contribution in [0.15, 0.2) is 46.3 Å². The van der Waals surface area contributed by atoms with Crippen LogP contribution in [0.25, 0.3) is 11.1 Å². The summed E-state index contributed by atoms with van der Waals surface area (Å²) in [4.78, 5) is 28.2. The standard InChI is InChI=1S/C27H26N6O7S2/c1-14(26(35)31-17-6-8-18(9-7-17)42(36,37)33-15(2)34)41-27-20(13-29)23(19(12-28)25(30)32-27)16-10-21(38-3)24(40-5)22(11-16)39-4/h6-11,14H,1-5H3,(H2,30,32)(H,31,35)(H,33,34). The van der Waals surface area contributed by atoms with Gasteiger partial charge in [0.15, 0.2) is 11.5 Å². The Bertz CT molecular complexity index is 1700. The number of amides is 2. The van der Waals surface area contributed by atoms with E-state index in [0.717, 1.165) is 18.7 Å². The normalized spacial score (nSPS) is 11.4. The van der Waals surface area contributed by atoms with Gasteiger partial charge in [0.05, 0.1) is 37.0 Å². The number of nitriles is 2. The highest BCUT2D eigenvalue weighted by Gasteiger charge is 2.26. The van der Waals surface area contributed by atoms with Crippen LogP contribution in [0.5, 0.6) is 17.2 Å². The zero-order valence-electron chi connectivity index (χ0n) is 23.1. The summed E-state index contributed by atoms with van der Waals surface area (Å²) in [5, 5.41) is 22.0. The Morgan fingerprint density at radius 1 is 1.00 bits per heavy atom. The van der Waals surface area contributed by atoms with Crippen molar-refractivity contribution in [3.05, 3.63) is 47.5 Å². The molecule has 0 aliphatic heterocycles. The molecule has 15 heteroatoms. The van der Waals surface area contributed by atoms with Gasteiger partial charge in [-0.1, -0.05) is 11.8 Å². The number of pyridine rings is 1. The van der Waals surface area contributed by atoms with Crippen molar-refractivity contribution in [3.63, 3.8) is 0 Å². The van der Waals surface area contributed by atoms with E-state index in [2.05, 4.69) is 16.4 Å². The lowest BCUT2D eigenvalue weighted by Crippen LogP contribution is -2.28. The summed E-state index contributed by atoms with van der Waals surface area (Å²) in [6.07, 6.45) is 0. The first-order chi connectivity index (χ1) is 19.9. The lowest BCUT2D eigenvalue weighted by Gasteiger charge is -2.18. The third kappa shape index (κ3) is 6.65. The number of hydrogen-bond donors (Lipinski definition) is 3. The first-order valence-corrected chi connectivity index (χ1v) is 14.3. The summed E-state index contributed by atoms with van der Waals surface area (Å²) < 4.78 is 42.4. The van der Waals surface area contributed by atoms with E-state index in [9.17, 15) is 28.5 Å². The van der Waals surface area contributed by atoms with Crippen LogP contribution in [-0.4, -0.2) is 51.8 Å². The molecule has 0 bridgehead atoms. The molecule has 3 aromatic rings. The number of thioether (sulfide) groups is 1. The molecular weight excluding hydrogens is 584 g/mol. The van der Waals surface area contributed by atoms with Crippen LogP contribution >= 0.6 is 11.8 Å². The molecule has 2 aromatic carbocycles. The fourth-order valence-electron chi connectivity index (χ4n) is 3.83. The number of anilines is 2. The Hall–Kier alpha value is -4.99. The Balaban J connectivity index is 1.97. The van der Waals surface area contributed by atoms with Crippen molar-refractivity contribution in [2.45, 2.75) is 29.0 Å². The van der Waals surface area contributed by atoms with Gasteiger partial charge in [-0.25, -0.2) is 18.1 Å². The van der Waals surface area contributed by atoms with Crippen molar-refractivity contribution in [3.8, 4) is 40.5 Å². The van der Waals surface area contributed by atoms with Crippen LogP contribution in [0.4, 0.5) is 11.5 Å². The molecule has 0 radical (unpaired) electrons. The Morgan fingerprint density at radius 3 is 2.05 bits per heavy atom. The molecule has 218 valence electrons.